The molecule has 2 aromatic heterocycles. The van der Waals surface area contributed by atoms with Gasteiger partial charge in [-0.25, -0.2) is 15.0 Å². The van der Waals surface area contributed by atoms with E-state index < -0.39 is 0 Å². The Morgan fingerprint density at radius 1 is 1.21 bits per heavy atom. The van der Waals surface area contributed by atoms with Crippen molar-refractivity contribution < 1.29 is 4.42 Å². The summed E-state index contributed by atoms with van der Waals surface area (Å²) >= 11 is 3.47. The summed E-state index contributed by atoms with van der Waals surface area (Å²) in [6.07, 6.45) is 1.51. The van der Waals surface area contributed by atoms with Crippen LogP contribution in [0.3, 0.4) is 0 Å². The quantitative estimate of drug-likeness (QED) is 0.880. The highest BCUT2D eigenvalue weighted by atomic mass is 79.9. The minimum absolute atomic E-state index is 0.482. The number of aryl methyl sites for hydroxylation is 2. The van der Waals surface area contributed by atoms with E-state index in [9.17, 15) is 0 Å². The van der Waals surface area contributed by atoms with E-state index in [2.05, 4.69) is 41.5 Å². The zero-order valence-electron chi connectivity index (χ0n) is 11.1. The fraction of sp³-hybridized carbons (Fsp3) is 0.417. The highest BCUT2D eigenvalue weighted by Crippen LogP contribution is 2.26. The maximum Gasteiger partial charge on any atom is 0.213 e. The Labute approximate surface area is 120 Å². The van der Waals surface area contributed by atoms with Crippen LogP contribution in [0.5, 0.6) is 0 Å². The Morgan fingerprint density at radius 3 is 2.47 bits per heavy atom. The van der Waals surface area contributed by atoms with Crippen LogP contribution in [0.4, 0.5) is 11.6 Å². The maximum absolute atomic E-state index is 5.51. The zero-order valence-corrected chi connectivity index (χ0v) is 12.7. The van der Waals surface area contributed by atoms with Crippen molar-refractivity contribution in [3.8, 4) is 0 Å². The largest absolute Gasteiger partial charge is 0.444 e. The molecule has 2 rings (SSSR count). The Balaban J connectivity index is 2.09. The average molecular weight is 326 g/mol. The number of anilines is 2. The van der Waals surface area contributed by atoms with E-state index in [-0.39, 0.29) is 0 Å². The summed E-state index contributed by atoms with van der Waals surface area (Å²) in [5.74, 6) is 2.96. The molecule has 0 spiro atoms. The molecular formula is C12H16BrN5O. The Bertz CT molecular complexity index is 550. The van der Waals surface area contributed by atoms with Crippen molar-refractivity contribution in [3.05, 3.63) is 28.1 Å². The van der Waals surface area contributed by atoms with Crippen LogP contribution in [-0.4, -0.2) is 21.5 Å². The van der Waals surface area contributed by atoms with Gasteiger partial charge in [0.2, 0.25) is 5.89 Å². The normalized spacial score (nSPS) is 10.5. The first-order valence-corrected chi connectivity index (χ1v) is 6.82. The minimum atomic E-state index is 0.482. The molecular weight excluding hydrogens is 310 g/mol. The van der Waals surface area contributed by atoms with Crippen LogP contribution >= 0.6 is 15.9 Å². The monoisotopic (exact) mass is 325 g/mol. The number of hydrogen-bond donors (Lipinski definition) is 2. The van der Waals surface area contributed by atoms with Crippen molar-refractivity contribution in [3.63, 3.8) is 0 Å². The molecule has 0 aliphatic carbocycles. The average Bonchev–Trinajstić information content (AvgIpc) is 2.70. The molecule has 0 saturated heterocycles. The van der Waals surface area contributed by atoms with Crippen molar-refractivity contribution in [2.45, 2.75) is 27.3 Å². The van der Waals surface area contributed by atoms with Gasteiger partial charge >= 0.3 is 0 Å². The molecule has 2 N–H and O–H groups in total. The highest BCUT2D eigenvalue weighted by Gasteiger charge is 2.10. The molecule has 0 atom stereocenters. The summed E-state index contributed by atoms with van der Waals surface area (Å²) in [6, 6.07) is 0. The second-order valence-corrected chi connectivity index (χ2v) is 4.81. The lowest BCUT2D eigenvalue weighted by atomic mass is 10.4. The van der Waals surface area contributed by atoms with Gasteiger partial charge in [-0.2, -0.15) is 0 Å². The van der Waals surface area contributed by atoms with Gasteiger partial charge in [0.25, 0.3) is 0 Å². The van der Waals surface area contributed by atoms with Crippen molar-refractivity contribution in [2.24, 2.45) is 0 Å². The Morgan fingerprint density at radius 2 is 1.89 bits per heavy atom. The third kappa shape index (κ3) is 3.23. The van der Waals surface area contributed by atoms with Gasteiger partial charge < -0.3 is 15.1 Å². The lowest BCUT2D eigenvalue weighted by molar-refractivity contribution is 0.478. The van der Waals surface area contributed by atoms with E-state index in [1.165, 1.54) is 6.33 Å². The molecule has 0 bridgehead atoms. The highest BCUT2D eigenvalue weighted by molar-refractivity contribution is 9.10. The Kier molecular flexibility index (Phi) is 4.36. The predicted octanol–water partition coefficient (Wildman–Crippen LogP) is 2.89. The van der Waals surface area contributed by atoms with E-state index in [0.717, 1.165) is 28.3 Å². The molecule has 0 amide bonds. The summed E-state index contributed by atoms with van der Waals surface area (Å²) in [5.41, 5.74) is 0.909. The summed E-state index contributed by atoms with van der Waals surface area (Å²) in [6.45, 7) is 7.12. The molecule has 102 valence electrons. The van der Waals surface area contributed by atoms with Crippen molar-refractivity contribution >= 4 is 27.6 Å². The first-order valence-electron chi connectivity index (χ1n) is 6.03. The molecule has 0 aromatic carbocycles. The fourth-order valence-electron chi connectivity index (χ4n) is 1.56. The van der Waals surface area contributed by atoms with Gasteiger partial charge in [-0.3, -0.25) is 0 Å². The minimum Gasteiger partial charge on any atom is -0.444 e. The SMILES string of the molecule is CCNc1ncnc(NCc2nc(C)c(C)o2)c1Br. The smallest absolute Gasteiger partial charge is 0.213 e. The van der Waals surface area contributed by atoms with Crippen molar-refractivity contribution in [2.75, 3.05) is 17.2 Å². The van der Waals surface area contributed by atoms with Crippen LogP contribution in [0.25, 0.3) is 0 Å². The first-order chi connectivity index (χ1) is 9.11. The number of halogens is 1. The van der Waals surface area contributed by atoms with E-state index in [1.54, 1.807) is 0 Å². The molecule has 0 aliphatic heterocycles. The Hall–Kier alpha value is -1.63. The molecule has 19 heavy (non-hydrogen) atoms. The van der Waals surface area contributed by atoms with Crippen molar-refractivity contribution in [1.29, 1.82) is 0 Å². The van der Waals surface area contributed by atoms with Gasteiger partial charge in [-0.1, -0.05) is 0 Å². The van der Waals surface area contributed by atoms with E-state index >= 15 is 0 Å². The third-order valence-electron chi connectivity index (χ3n) is 2.61. The summed E-state index contributed by atoms with van der Waals surface area (Å²) in [4.78, 5) is 12.7. The summed E-state index contributed by atoms with van der Waals surface area (Å²) < 4.78 is 6.31. The van der Waals surface area contributed by atoms with Crippen LogP contribution in [-0.2, 0) is 6.54 Å². The van der Waals surface area contributed by atoms with Crippen LogP contribution < -0.4 is 10.6 Å². The predicted molar refractivity (Wildman–Crippen MR) is 77.2 cm³/mol. The number of oxazole rings is 1. The van der Waals surface area contributed by atoms with Gasteiger partial charge in [-0.15, -0.1) is 0 Å². The molecule has 0 aliphatic rings. The molecule has 2 aromatic rings. The second kappa shape index (κ2) is 6.01. The number of hydrogen-bond acceptors (Lipinski definition) is 6. The topological polar surface area (TPSA) is 75.9 Å². The maximum atomic E-state index is 5.51. The lowest BCUT2D eigenvalue weighted by Crippen LogP contribution is -2.06. The molecule has 2 heterocycles. The van der Waals surface area contributed by atoms with E-state index in [1.807, 2.05) is 20.8 Å². The van der Waals surface area contributed by atoms with Gasteiger partial charge in [0.05, 0.1) is 12.2 Å². The van der Waals surface area contributed by atoms with E-state index in [0.29, 0.717) is 18.3 Å². The van der Waals surface area contributed by atoms with Gasteiger partial charge in [0, 0.05) is 6.54 Å². The molecule has 0 radical (unpaired) electrons. The third-order valence-corrected chi connectivity index (χ3v) is 3.36. The lowest BCUT2D eigenvalue weighted by Gasteiger charge is -2.09. The number of nitrogens with zero attached hydrogens (tertiary/aromatic N) is 3. The summed E-state index contributed by atoms with van der Waals surface area (Å²) in [5, 5.41) is 6.32. The molecule has 0 unspecified atom stereocenters. The fourth-order valence-corrected chi connectivity index (χ4v) is 2.04. The number of aromatic nitrogens is 3. The standard InChI is InChI=1S/C12H16BrN5O/c1-4-14-11-10(13)12(17-6-16-11)15-5-9-18-7(2)8(3)19-9/h6H,4-5H2,1-3H3,(H2,14,15,16,17). The van der Waals surface area contributed by atoms with Crippen LogP contribution in [0.2, 0.25) is 0 Å². The molecule has 0 fully saturated rings. The van der Waals surface area contributed by atoms with Crippen molar-refractivity contribution in [1.82, 2.24) is 15.0 Å². The van der Waals surface area contributed by atoms with E-state index in [4.69, 9.17) is 4.42 Å². The number of rotatable bonds is 5. The van der Waals surface area contributed by atoms with Gasteiger partial charge in [0.15, 0.2) is 0 Å². The van der Waals surface area contributed by atoms with Crippen LogP contribution in [0.15, 0.2) is 15.2 Å². The molecule has 0 saturated carbocycles. The molecule has 7 heteroatoms. The van der Waals surface area contributed by atoms with Gasteiger partial charge in [-0.05, 0) is 36.7 Å². The summed E-state index contributed by atoms with van der Waals surface area (Å²) in [7, 11) is 0. The van der Waals surface area contributed by atoms with Gasteiger partial charge in [0.1, 0.15) is 28.2 Å². The van der Waals surface area contributed by atoms with Crippen LogP contribution in [0.1, 0.15) is 24.3 Å². The molecule has 6 nitrogen and oxygen atoms in total. The zero-order chi connectivity index (χ0) is 13.8. The second-order valence-electron chi connectivity index (χ2n) is 4.02. The first kappa shape index (κ1) is 13.8. The number of nitrogens with one attached hydrogen (secondary N) is 2. The van der Waals surface area contributed by atoms with Crippen LogP contribution in [0, 0.1) is 13.8 Å².